The molecule has 0 aliphatic carbocycles. The summed E-state index contributed by atoms with van der Waals surface area (Å²) in [5.41, 5.74) is 1.81. The van der Waals surface area contributed by atoms with Crippen molar-refractivity contribution in [1.82, 2.24) is 4.72 Å². The number of nitrogens with one attached hydrogen (secondary N) is 1. The largest absolute Gasteiger partial charge is 0.459 e. The molecule has 1 aromatic rings. The lowest BCUT2D eigenvalue weighted by Crippen LogP contribution is -2.48. The fourth-order valence-corrected chi connectivity index (χ4v) is 4.47. The fraction of sp³-hybridized carbons (Fsp3) is 0.667. The number of aryl methyl sites for hydroxylation is 2. The summed E-state index contributed by atoms with van der Waals surface area (Å²) in [6.45, 7) is 17.9. The Morgan fingerprint density at radius 3 is 1.82 bits per heavy atom. The molecule has 1 unspecified atom stereocenters. The van der Waals surface area contributed by atoms with Gasteiger partial charge in [-0.1, -0.05) is 6.07 Å². The molecule has 0 fully saturated rings. The molecular weight excluding hydrogens is 378 g/mol. The van der Waals surface area contributed by atoms with Gasteiger partial charge in [-0.3, -0.25) is 4.79 Å². The molecule has 0 radical (unpaired) electrons. The Hall–Kier alpha value is -1.44. The number of ether oxygens (including phenoxy) is 2. The number of hydrogen-bond donors (Lipinski definition) is 1. The SMILES string of the molecule is Cc1cc(C)c(C)c(S(=O)(=O)NC(COC(C)(C)C)C(=O)OC(C)(C)C)c1C. The minimum absolute atomic E-state index is 0.124. The Morgan fingerprint density at radius 1 is 0.964 bits per heavy atom. The van der Waals surface area contributed by atoms with Crippen LogP contribution in [0.4, 0.5) is 0 Å². The first-order chi connectivity index (χ1) is 12.4. The lowest BCUT2D eigenvalue weighted by molar-refractivity contribution is -0.159. The van der Waals surface area contributed by atoms with E-state index in [1.807, 2.05) is 40.7 Å². The van der Waals surface area contributed by atoms with Crippen LogP contribution < -0.4 is 4.72 Å². The lowest BCUT2D eigenvalue weighted by Gasteiger charge is -2.27. The molecule has 7 heteroatoms. The minimum atomic E-state index is -3.96. The quantitative estimate of drug-likeness (QED) is 0.719. The summed E-state index contributed by atoms with van der Waals surface area (Å²) in [6.07, 6.45) is 0. The Labute approximate surface area is 170 Å². The van der Waals surface area contributed by atoms with E-state index >= 15 is 0 Å². The maximum atomic E-state index is 13.2. The number of sulfonamides is 1. The summed E-state index contributed by atoms with van der Waals surface area (Å²) in [4.78, 5) is 12.9. The molecule has 0 saturated heterocycles. The van der Waals surface area contributed by atoms with Gasteiger partial charge in [0.2, 0.25) is 10.0 Å². The standard InChI is InChI=1S/C21H35NO5S/c1-13-11-14(2)16(4)18(15(13)3)28(24,25)22-17(12-26-20(5,6)7)19(23)27-21(8,9)10/h11,17,22H,12H2,1-10H3. The van der Waals surface area contributed by atoms with E-state index in [0.717, 1.165) is 11.1 Å². The van der Waals surface area contributed by atoms with Crippen LogP contribution in [0, 0.1) is 27.7 Å². The normalized spacial score (nSPS) is 14.1. The fourth-order valence-electron chi connectivity index (χ4n) is 2.69. The molecule has 1 atom stereocenters. The van der Waals surface area contributed by atoms with Crippen LogP contribution in [0.25, 0.3) is 0 Å². The van der Waals surface area contributed by atoms with Gasteiger partial charge in [0, 0.05) is 0 Å². The van der Waals surface area contributed by atoms with Gasteiger partial charge in [0.25, 0.3) is 0 Å². The first-order valence-electron chi connectivity index (χ1n) is 9.41. The van der Waals surface area contributed by atoms with E-state index in [9.17, 15) is 13.2 Å². The van der Waals surface area contributed by atoms with Crippen molar-refractivity contribution >= 4 is 16.0 Å². The highest BCUT2D eigenvalue weighted by molar-refractivity contribution is 7.89. The van der Waals surface area contributed by atoms with Gasteiger partial charge < -0.3 is 9.47 Å². The van der Waals surface area contributed by atoms with Crippen molar-refractivity contribution in [3.8, 4) is 0 Å². The molecule has 0 aliphatic heterocycles. The summed E-state index contributed by atoms with van der Waals surface area (Å²) >= 11 is 0. The van der Waals surface area contributed by atoms with Crippen molar-refractivity contribution < 1.29 is 22.7 Å². The van der Waals surface area contributed by atoms with Gasteiger partial charge in [0.05, 0.1) is 17.1 Å². The van der Waals surface area contributed by atoms with Crippen LogP contribution in [-0.4, -0.2) is 38.2 Å². The number of carbonyl (C=O) groups is 1. The molecule has 1 N–H and O–H groups in total. The van der Waals surface area contributed by atoms with E-state index in [4.69, 9.17) is 9.47 Å². The van der Waals surface area contributed by atoms with E-state index in [1.54, 1.807) is 34.6 Å². The summed E-state index contributed by atoms with van der Waals surface area (Å²) < 4.78 is 40.0. The molecule has 1 rings (SSSR count). The first-order valence-corrected chi connectivity index (χ1v) is 10.9. The number of rotatable bonds is 6. The first kappa shape index (κ1) is 24.6. The third kappa shape index (κ3) is 6.87. The molecule has 28 heavy (non-hydrogen) atoms. The van der Waals surface area contributed by atoms with Crippen LogP contribution in [0.5, 0.6) is 0 Å². The van der Waals surface area contributed by atoms with E-state index in [2.05, 4.69) is 4.72 Å². The zero-order valence-electron chi connectivity index (χ0n) is 18.8. The molecule has 0 aliphatic rings. The Morgan fingerprint density at radius 2 is 1.43 bits per heavy atom. The number of hydrogen-bond acceptors (Lipinski definition) is 5. The zero-order valence-corrected chi connectivity index (χ0v) is 19.6. The molecule has 0 spiro atoms. The predicted molar refractivity (Wildman–Crippen MR) is 111 cm³/mol. The molecule has 0 bridgehead atoms. The molecule has 160 valence electrons. The van der Waals surface area contributed by atoms with Gasteiger partial charge in [0.1, 0.15) is 11.6 Å². The number of esters is 1. The van der Waals surface area contributed by atoms with E-state index in [0.29, 0.717) is 11.1 Å². The maximum absolute atomic E-state index is 13.2. The average molecular weight is 414 g/mol. The predicted octanol–water partition coefficient (Wildman–Crippen LogP) is 3.72. The Kier molecular flexibility index (Phi) is 7.48. The van der Waals surface area contributed by atoms with Crippen molar-refractivity contribution in [1.29, 1.82) is 0 Å². The molecule has 0 amide bonds. The van der Waals surface area contributed by atoms with Crippen LogP contribution in [0.3, 0.4) is 0 Å². The van der Waals surface area contributed by atoms with Crippen molar-refractivity contribution in [2.45, 2.75) is 91.4 Å². The van der Waals surface area contributed by atoms with Gasteiger partial charge in [-0.15, -0.1) is 0 Å². The number of carbonyl (C=O) groups excluding carboxylic acids is 1. The van der Waals surface area contributed by atoms with Crippen LogP contribution in [0.1, 0.15) is 63.8 Å². The van der Waals surface area contributed by atoms with Crippen molar-refractivity contribution in [2.75, 3.05) is 6.61 Å². The highest BCUT2D eigenvalue weighted by Gasteiger charge is 2.33. The summed E-state index contributed by atoms with van der Waals surface area (Å²) in [5, 5.41) is 0. The second kappa shape index (κ2) is 8.51. The molecule has 1 aromatic carbocycles. The summed E-state index contributed by atoms with van der Waals surface area (Å²) in [5.74, 6) is -0.667. The van der Waals surface area contributed by atoms with E-state index < -0.39 is 33.2 Å². The van der Waals surface area contributed by atoms with Crippen LogP contribution >= 0.6 is 0 Å². The third-order valence-corrected chi connectivity index (χ3v) is 5.98. The van der Waals surface area contributed by atoms with Gasteiger partial charge in [-0.05, 0) is 91.5 Å². The van der Waals surface area contributed by atoms with Crippen LogP contribution in [0.2, 0.25) is 0 Å². The van der Waals surface area contributed by atoms with Gasteiger partial charge in [-0.2, -0.15) is 4.72 Å². The van der Waals surface area contributed by atoms with Crippen LogP contribution in [-0.2, 0) is 24.3 Å². The summed E-state index contributed by atoms with van der Waals surface area (Å²) in [7, 11) is -3.96. The minimum Gasteiger partial charge on any atom is -0.459 e. The molecule has 6 nitrogen and oxygen atoms in total. The highest BCUT2D eigenvalue weighted by atomic mass is 32.2. The smallest absolute Gasteiger partial charge is 0.327 e. The van der Waals surface area contributed by atoms with Crippen molar-refractivity contribution in [2.24, 2.45) is 0 Å². The third-order valence-electron chi connectivity index (χ3n) is 4.24. The van der Waals surface area contributed by atoms with E-state index in [1.165, 1.54) is 0 Å². The molecule has 0 saturated carbocycles. The monoisotopic (exact) mass is 413 g/mol. The van der Waals surface area contributed by atoms with Crippen molar-refractivity contribution in [3.63, 3.8) is 0 Å². The lowest BCUT2D eigenvalue weighted by atomic mass is 10.0. The second-order valence-corrected chi connectivity index (χ2v) is 10.9. The highest BCUT2D eigenvalue weighted by Crippen LogP contribution is 2.26. The van der Waals surface area contributed by atoms with Crippen LogP contribution in [0.15, 0.2) is 11.0 Å². The number of benzene rings is 1. The molecule has 0 heterocycles. The van der Waals surface area contributed by atoms with Gasteiger partial charge in [-0.25, -0.2) is 8.42 Å². The average Bonchev–Trinajstić information content (AvgIpc) is 2.46. The maximum Gasteiger partial charge on any atom is 0.327 e. The van der Waals surface area contributed by atoms with Gasteiger partial charge in [0.15, 0.2) is 0 Å². The second-order valence-electron chi connectivity index (χ2n) is 9.22. The Bertz CT molecular complexity index is 804. The molecular formula is C21H35NO5S. The Balaban J connectivity index is 3.32. The summed E-state index contributed by atoms with van der Waals surface area (Å²) in [6, 6.07) is 0.806. The van der Waals surface area contributed by atoms with Crippen molar-refractivity contribution in [3.05, 3.63) is 28.3 Å². The van der Waals surface area contributed by atoms with E-state index in [-0.39, 0.29) is 11.5 Å². The molecule has 0 aromatic heterocycles. The van der Waals surface area contributed by atoms with Gasteiger partial charge >= 0.3 is 5.97 Å². The zero-order chi connectivity index (χ0) is 22.1. The topological polar surface area (TPSA) is 81.7 Å².